The van der Waals surface area contributed by atoms with E-state index in [1.807, 2.05) is 0 Å². The predicted octanol–water partition coefficient (Wildman–Crippen LogP) is 10.8. The fourth-order valence-corrected chi connectivity index (χ4v) is 18.7. The molecule has 2 saturated heterocycles. The average molecular weight is 1910 g/mol. The summed E-state index contributed by atoms with van der Waals surface area (Å²) < 4.78 is 144. The van der Waals surface area contributed by atoms with Crippen LogP contribution in [0.15, 0.2) is 109 Å². The second kappa shape index (κ2) is 47.4. The van der Waals surface area contributed by atoms with Gasteiger partial charge in [-0.15, -0.1) is 0 Å². The number of rotatable bonds is 44. The highest BCUT2D eigenvalue weighted by molar-refractivity contribution is 6.14. The van der Waals surface area contributed by atoms with Gasteiger partial charge in [-0.1, -0.05) is 113 Å². The molecule has 4 aromatic carbocycles. The van der Waals surface area contributed by atoms with E-state index in [4.69, 9.17) is 14.2 Å². The lowest BCUT2D eigenvalue weighted by atomic mass is 9.69. The van der Waals surface area contributed by atoms with Gasteiger partial charge in [-0.25, -0.2) is 4.79 Å². The third-order valence-corrected chi connectivity index (χ3v) is 26.8. The topological polar surface area (TPSA) is 361 Å². The first-order valence-corrected chi connectivity index (χ1v) is 45.8. The van der Waals surface area contributed by atoms with Gasteiger partial charge < -0.3 is 69.1 Å². The number of alkyl halides is 9. The van der Waals surface area contributed by atoms with E-state index in [0.717, 1.165) is 87.4 Å². The van der Waals surface area contributed by atoms with Gasteiger partial charge in [-0.05, 0) is 155 Å². The first-order chi connectivity index (χ1) is 63.7. The van der Waals surface area contributed by atoms with Crippen LogP contribution in [0.25, 0.3) is 0 Å². The standard InChI is InChI=1S/C96H125F9N12O18/c1-12-59(4)83(85(126)93(47-24-48-107-93)90(131)112(8)78-29-19-16-20-30-81(123)117(78)72(74(118)54-106-55-82(124)125)49-60-31-37-65(38-32-60)94(97,98)99)109-77(120)51-67(13-2)116(80(122)44-43-79(121)110(5)6)58-111(7)89(130)84(64-27-21-22-28-64)113(9)86(127)69(63-35-39-66(40-36-63)95(100,101)102)53-76(119)92(45-23-46-92)114(10)88(129)73-52-68(134-14-3)56-115(73)87(128)71(108-91(132)135-57-62-25-17-15-18-26-62)42-34-61-33-41-70(96(103,104)105)75(50-61)133-11/h15-19,25-26,31-33,35-41,50,59,64,67-69,71-73,78,83-84,106-107H,12-14,20-24,27-30,34,42-49,51-58H2,1-11H3,(H,108,132)(H,109,120)(H,124,125)/t59-,67-,68+,69?,71-,72-,73-,78-,83?,84-,93-/m0/s1. The van der Waals surface area contributed by atoms with E-state index in [9.17, 15) is 68.6 Å². The number of benzene rings is 4. The van der Waals surface area contributed by atoms with Gasteiger partial charge in [0.25, 0.3) is 5.91 Å². The molecule has 0 spiro atoms. The molecule has 2 saturated carbocycles. The zero-order chi connectivity index (χ0) is 99.4. The minimum absolute atomic E-state index is 0.00219. The Morgan fingerprint density at radius 3 is 1.90 bits per heavy atom. The van der Waals surface area contributed by atoms with Gasteiger partial charge in [0.1, 0.15) is 42.2 Å². The molecule has 0 aromatic heterocycles. The van der Waals surface area contributed by atoms with Crippen molar-refractivity contribution in [3.05, 3.63) is 148 Å². The molecule has 11 atom stereocenters. The molecule has 30 nitrogen and oxygen atoms in total. The Balaban J connectivity index is 0.986. The molecule has 4 aromatic rings. The number of carbonyl (C=O) groups is 14. The number of Topliss-reactive ketones (excluding diaryl/α,β-unsaturated/α-hetero) is 3. The van der Waals surface area contributed by atoms with Crippen molar-refractivity contribution in [2.45, 2.75) is 260 Å². The number of allylic oxidation sites excluding steroid dienone is 1. The van der Waals surface area contributed by atoms with Crippen molar-refractivity contribution in [3.63, 3.8) is 0 Å². The Hall–Kier alpha value is -11.4. The lowest BCUT2D eigenvalue weighted by Gasteiger charge is -2.49. The number of alkyl carbamates (subject to hydrolysis) is 1. The Morgan fingerprint density at radius 1 is 0.696 bits per heavy atom. The summed E-state index contributed by atoms with van der Waals surface area (Å²) in [5.74, 6) is -13.9. The molecule has 39 heteroatoms. The SMILES string of the molecule is CCO[C@@H]1C[C@@H](C(=O)N(C)C2(C(=O)CC(C(=O)N(C)[C@H](C(=O)N(C)CN(C(=O)CCC(=O)N(C)C)[C@@H](CC)CC(=O)NC(C(=O)[C@]3(C(=O)N(C)[C@@H]4CC=CCCC(=O)N4[C@@H](Cc4ccc(C(F)(F)F)cc4)C(=O)CNCC(=O)O)CCCN3)[C@@H](C)CC)C3CCCC3)c3ccc(C(F)(F)F)cc3)CCC2)N(C(=O)[C@H](CCc2ccc(C(F)(F)F)c(OC)c2)NC(=O)OCc2ccccc2)C1. The van der Waals surface area contributed by atoms with Crippen LogP contribution in [0.4, 0.5) is 44.3 Å². The van der Waals surface area contributed by atoms with Crippen LogP contribution in [0.3, 0.4) is 0 Å². The lowest BCUT2D eigenvalue weighted by Crippen LogP contribution is -2.68. The Morgan fingerprint density at radius 2 is 1.33 bits per heavy atom. The summed E-state index contributed by atoms with van der Waals surface area (Å²) in [6.07, 6.45) is -14.9. The van der Waals surface area contributed by atoms with E-state index in [1.165, 1.54) is 68.0 Å². The summed E-state index contributed by atoms with van der Waals surface area (Å²) in [7, 11) is 9.34. The molecule has 9 rings (SSSR count). The number of aliphatic carboxylic acids is 1. The largest absolute Gasteiger partial charge is 0.496 e. The molecule has 5 aliphatic rings. The number of carboxylic acids is 1. The van der Waals surface area contributed by atoms with Gasteiger partial charge in [-0.2, -0.15) is 39.5 Å². The maximum Gasteiger partial charge on any atom is 0.419 e. The van der Waals surface area contributed by atoms with Crippen LogP contribution in [0.2, 0.25) is 0 Å². The quantitative estimate of drug-likeness (QED) is 0.0119. The number of likely N-dealkylation sites (N-methyl/N-ethyl adjacent to an activating group) is 4. The summed E-state index contributed by atoms with van der Waals surface area (Å²) in [6.45, 7) is 4.58. The van der Waals surface area contributed by atoms with Crippen LogP contribution in [0.1, 0.15) is 201 Å². The third-order valence-electron chi connectivity index (χ3n) is 26.8. The van der Waals surface area contributed by atoms with Crippen LogP contribution in [0, 0.1) is 11.8 Å². The van der Waals surface area contributed by atoms with Gasteiger partial charge in [0.2, 0.25) is 47.3 Å². The Kier molecular flexibility index (Phi) is 37.7. The van der Waals surface area contributed by atoms with Crippen LogP contribution < -0.4 is 26.0 Å². The normalized spacial score (nSPS) is 19.6. The molecule has 3 aliphatic heterocycles. The molecule has 740 valence electrons. The first-order valence-electron chi connectivity index (χ1n) is 45.8. The summed E-state index contributed by atoms with van der Waals surface area (Å²) in [5.41, 5.74) is -6.06. The molecular weight excluding hydrogens is 1780 g/mol. The van der Waals surface area contributed by atoms with E-state index in [1.54, 1.807) is 70.2 Å². The predicted molar refractivity (Wildman–Crippen MR) is 475 cm³/mol. The van der Waals surface area contributed by atoms with E-state index in [2.05, 4.69) is 21.3 Å². The van der Waals surface area contributed by atoms with Crippen molar-refractivity contribution in [2.24, 2.45) is 11.8 Å². The molecule has 0 bridgehead atoms. The molecule has 5 N–H and O–H groups in total. The summed E-state index contributed by atoms with van der Waals surface area (Å²) in [6, 6.07) is 10.7. The van der Waals surface area contributed by atoms with Gasteiger partial charge in [0.15, 0.2) is 22.9 Å². The number of amides is 10. The highest BCUT2D eigenvalue weighted by Crippen LogP contribution is 2.45. The molecule has 4 fully saturated rings. The number of aryl methyl sites for hydroxylation is 1. The zero-order valence-corrected chi connectivity index (χ0v) is 78.1. The van der Waals surface area contributed by atoms with E-state index < -0.39 is 240 Å². The monoisotopic (exact) mass is 1900 g/mol. The molecular formula is C96H125F9N12O18. The Bertz CT molecular complexity index is 4870. The molecule has 2 aliphatic carbocycles. The molecule has 0 radical (unpaired) electrons. The van der Waals surface area contributed by atoms with Crippen molar-refractivity contribution in [1.82, 2.24) is 60.5 Å². The van der Waals surface area contributed by atoms with Gasteiger partial charge in [-0.3, -0.25) is 73.0 Å². The number of hydrogen-bond acceptors (Lipinski definition) is 19. The van der Waals surface area contributed by atoms with Crippen LogP contribution in [-0.4, -0.2) is 275 Å². The van der Waals surface area contributed by atoms with Crippen molar-refractivity contribution in [3.8, 4) is 5.75 Å². The van der Waals surface area contributed by atoms with Crippen molar-refractivity contribution < 1.29 is 126 Å². The summed E-state index contributed by atoms with van der Waals surface area (Å²) in [4.78, 5) is 218. The fraction of sp³-hybridized carbons (Fsp3) is 0.583. The second-order valence-electron chi connectivity index (χ2n) is 35.8. The fourth-order valence-electron chi connectivity index (χ4n) is 18.7. The number of likely N-dealkylation sites (tertiary alicyclic amines) is 1. The number of ether oxygens (including phenoxy) is 3. The molecule has 10 amide bonds. The Labute approximate surface area is 779 Å². The molecule has 2 unspecified atom stereocenters. The number of nitrogens with zero attached hydrogens (tertiary/aromatic N) is 8. The second-order valence-corrected chi connectivity index (χ2v) is 35.8. The molecule has 135 heavy (non-hydrogen) atoms. The van der Waals surface area contributed by atoms with Crippen molar-refractivity contribution in [2.75, 3.05) is 88.9 Å². The average Bonchev–Trinajstić information content (AvgIpc) is 1.76. The number of halogens is 9. The highest BCUT2D eigenvalue weighted by atomic mass is 19.4. The maximum absolute atomic E-state index is 16.0. The summed E-state index contributed by atoms with van der Waals surface area (Å²) in [5, 5.41) is 20.6. The first kappa shape index (κ1) is 107. The minimum atomic E-state index is -4.88. The number of methoxy groups -OCH3 is 1. The van der Waals surface area contributed by atoms with Crippen molar-refractivity contribution in [1.29, 1.82) is 0 Å². The van der Waals surface area contributed by atoms with E-state index >= 15 is 43.2 Å². The van der Waals surface area contributed by atoms with E-state index in [0.29, 0.717) is 37.7 Å². The van der Waals surface area contributed by atoms with Crippen molar-refractivity contribution >= 4 is 82.6 Å². The number of carboxylic acid groups (broad SMARTS) is 1. The maximum atomic E-state index is 16.0. The minimum Gasteiger partial charge on any atom is -0.496 e. The van der Waals surface area contributed by atoms with Crippen LogP contribution >= 0.6 is 0 Å². The van der Waals surface area contributed by atoms with Gasteiger partial charge >= 0.3 is 30.6 Å². The number of carbonyl (C=O) groups excluding carboxylic acids is 13. The summed E-state index contributed by atoms with van der Waals surface area (Å²) >= 11 is 0. The molecule has 3 heterocycles. The number of nitrogens with one attached hydrogen (secondary N) is 4. The van der Waals surface area contributed by atoms with Gasteiger partial charge in [0.05, 0.1) is 67.7 Å². The van der Waals surface area contributed by atoms with E-state index in [-0.39, 0.29) is 133 Å². The zero-order valence-electron chi connectivity index (χ0n) is 78.1. The lowest BCUT2D eigenvalue weighted by molar-refractivity contribution is -0.157. The highest BCUT2D eigenvalue weighted by Gasteiger charge is 2.57. The van der Waals surface area contributed by atoms with Crippen LogP contribution in [-0.2, 0) is 110 Å². The van der Waals surface area contributed by atoms with Crippen LogP contribution in [0.5, 0.6) is 5.75 Å². The van der Waals surface area contributed by atoms with Gasteiger partial charge in [0, 0.05) is 113 Å². The number of hydrogen-bond donors (Lipinski definition) is 5. The number of ketones is 3. The smallest absolute Gasteiger partial charge is 0.419 e. The third kappa shape index (κ3) is 26.9.